The predicted octanol–water partition coefficient (Wildman–Crippen LogP) is 7.11. The quantitative estimate of drug-likeness (QED) is 0.225. The van der Waals surface area contributed by atoms with Gasteiger partial charge in [-0.2, -0.15) is 9.98 Å². The Balaban J connectivity index is 0.000000303. The van der Waals surface area contributed by atoms with Crippen LogP contribution < -0.4 is 0 Å². The summed E-state index contributed by atoms with van der Waals surface area (Å²) >= 11 is 9.00. The number of isothiocyanates is 2. The number of aliphatic imine (C=N–C) groups is 2. The highest BCUT2D eigenvalue weighted by Crippen LogP contribution is 2.12. The fourth-order valence-electron chi connectivity index (χ4n) is 2.20. The predicted molar refractivity (Wildman–Crippen MR) is 150 cm³/mol. The molecule has 0 N–H and O–H groups in total. The highest BCUT2D eigenvalue weighted by molar-refractivity contribution is 7.78. The van der Waals surface area contributed by atoms with E-state index in [9.17, 15) is 0 Å². The van der Waals surface area contributed by atoms with Crippen LogP contribution in [0.3, 0.4) is 0 Å². The molecule has 0 unspecified atom stereocenters. The largest absolute Gasteiger partial charge is 0.195 e. The minimum absolute atomic E-state index is 0.797. The van der Waals surface area contributed by atoms with E-state index in [4.69, 9.17) is 12.8 Å². The van der Waals surface area contributed by atoms with E-state index < -0.39 is 0 Å². The molecule has 0 aliphatic carbocycles. The molecule has 0 heterocycles. The summed E-state index contributed by atoms with van der Waals surface area (Å²) in [7, 11) is 0. The highest BCUT2D eigenvalue weighted by Gasteiger charge is 1.90. The van der Waals surface area contributed by atoms with Crippen LogP contribution in [0.15, 0.2) is 82.8 Å². The molecule has 0 spiro atoms. The summed E-state index contributed by atoms with van der Waals surface area (Å²) in [5.74, 6) is 14.8. The van der Waals surface area contributed by atoms with E-state index in [1.54, 1.807) is 0 Å². The molecule has 0 radical (unpaired) electrons. The third-order valence-electron chi connectivity index (χ3n) is 3.86. The first kappa shape index (κ1) is 27.5. The maximum atomic E-state index is 4.70. The van der Waals surface area contributed by atoms with E-state index >= 15 is 0 Å². The van der Waals surface area contributed by atoms with Crippen molar-refractivity contribution in [3.63, 3.8) is 0 Å². The standard InChI is InChI=1S/C16H11NS.C8H7NS.C6H2/c1-13-2-4-14(5-3-13)6-7-15-8-10-16(11-9-15)17-12-18;1-7-2-4-8(5-3-7)9-6-10;1-3-5-6-4-2/h2-5,8-11H,1H3;2-5H,1H3;1-2H. The summed E-state index contributed by atoms with van der Waals surface area (Å²) in [6, 6.07) is 23.6. The molecule has 0 saturated heterocycles. The molecule has 0 saturated carbocycles. The van der Waals surface area contributed by atoms with Crippen molar-refractivity contribution in [2.75, 3.05) is 0 Å². The lowest BCUT2D eigenvalue weighted by Crippen LogP contribution is -1.76. The van der Waals surface area contributed by atoms with E-state index in [1.165, 1.54) is 11.1 Å². The van der Waals surface area contributed by atoms with Gasteiger partial charge in [0.2, 0.25) is 0 Å². The highest BCUT2D eigenvalue weighted by atomic mass is 32.1. The first-order chi connectivity index (χ1) is 16.5. The maximum Gasteiger partial charge on any atom is 0.0740 e. The van der Waals surface area contributed by atoms with Gasteiger partial charge in [-0.25, -0.2) is 0 Å². The normalized spacial score (nSPS) is 7.76. The maximum absolute atomic E-state index is 4.70. The number of terminal acetylenes is 2. The van der Waals surface area contributed by atoms with Crippen molar-refractivity contribution in [2.45, 2.75) is 13.8 Å². The first-order valence-corrected chi connectivity index (χ1v) is 10.7. The van der Waals surface area contributed by atoms with Gasteiger partial charge >= 0.3 is 0 Å². The van der Waals surface area contributed by atoms with Gasteiger partial charge < -0.3 is 0 Å². The SMILES string of the molecule is C#CC#CC#C.Cc1ccc(C#Cc2ccc(N=C=S)cc2)cc1.Cc1ccc(N=C=S)cc1. The Kier molecular flexibility index (Phi) is 13.8. The van der Waals surface area contributed by atoms with Crippen LogP contribution in [0, 0.1) is 62.2 Å². The number of nitrogens with zero attached hydrogens (tertiary/aromatic N) is 2. The lowest BCUT2D eigenvalue weighted by Gasteiger charge is -1.93. The van der Waals surface area contributed by atoms with Crippen molar-refractivity contribution >= 4 is 46.1 Å². The number of rotatable bonds is 2. The second kappa shape index (κ2) is 17.1. The molecule has 3 aromatic rings. The van der Waals surface area contributed by atoms with E-state index in [1.807, 2.05) is 67.6 Å². The van der Waals surface area contributed by atoms with Crippen LogP contribution in [0.25, 0.3) is 0 Å². The van der Waals surface area contributed by atoms with Gasteiger partial charge in [0.05, 0.1) is 21.7 Å². The van der Waals surface area contributed by atoms with Crippen LogP contribution in [0.2, 0.25) is 0 Å². The Hall–Kier alpha value is -4.50. The molecule has 0 aliphatic rings. The Morgan fingerprint density at radius 3 is 1.24 bits per heavy atom. The molecule has 4 heteroatoms. The smallest absolute Gasteiger partial charge is 0.0740 e. The summed E-state index contributed by atoms with van der Waals surface area (Å²) in [6.07, 6.45) is 9.39. The monoisotopic (exact) mass is 472 g/mol. The van der Waals surface area contributed by atoms with Crippen molar-refractivity contribution in [1.29, 1.82) is 0 Å². The third kappa shape index (κ3) is 12.4. The van der Waals surface area contributed by atoms with Crippen molar-refractivity contribution < 1.29 is 0 Å². The minimum Gasteiger partial charge on any atom is -0.195 e. The van der Waals surface area contributed by atoms with Gasteiger partial charge in [-0.3, -0.25) is 0 Å². The third-order valence-corrected chi connectivity index (χ3v) is 4.04. The number of hydrogen-bond acceptors (Lipinski definition) is 4. The minimum atomic E-state index is 0.797. The first-order valence-electron chi connectivity index (χ1n) is 9.84. The van der Waals surface area contributed by atoms with Crippen LogP contribution in [-0.4, -0.2) is 10.3 Å². The molecule has 0 fully saturated rings. The second-order valence-electron chi connectivity index (χ2n) is 6.44. The van der Waals surface area contributed by atoms with E-state index in [2.05, 4.69) is 99.3 Å². The topological polar surface area (TPSA) is 24.7 Å². The van der Waals surface area contributed by atoms with Gasteiger partial charge in [0.25, 0.3) is 0 Å². The van der Waals surface area contributed by atoms with E-state index in [0.717, 1.165) is 22.5 Å². The summed E-state index contributed by atoms with van der Waals surface area (Å²) < 4.78 is 0. The van der Waals surface area contributed by atoms with Gasteiger partial charge in [-0.05, 0) is 110 Å². The number of thiocarbonyl (C=S) groups is 2. The Bertz CT molecular complexity index is 1350. The summed E-state index contributed by atoms with van der Waals surface area (Å²) in [4.78, 5) is 7.70. The molecule has 0 aliphatic heterocycles. The molecule has 0 bridgehead atoms. The van der Waals surface area contributed by atoms with E-state index in [-0.39, 0.29) is 0 Å². The van der Waals surface area contributed by atoms with Crippen LogP contribution in [-0.2, 0) is 0 Å². The molecule has 3 aromatic carbocycles. The van der Waals surface area contributed by atoms with Gasteiger partial charge in [0, 0.05) is 11.1 Å². The molecule has 0 aromatic heterocycles. The fraction of sp³-hybridized carbons (Fsp3) is 0.0667. The van der Waals surface area contributed by atoms with Crippen molar-refractivity contribution in [2.24, 2.45) is 9.98 Å². The van der Waals surface area contributed by atoms with Gasteiger partial charge in [-0.15, -0.1) is 12.8 Å². The zero-order chi connectivity index (χ0) is 25.0. The van der Waals surface area contributed by atoms with Crippen molar-refractivity contribution in [3.8, 4) is 48.4 Å². The Morgan fingerprint density at radius 1 is 0.559 bits per heavy atom. The summed E-state index contributed by atoms with van der Waals surface area (Å²) in [6.45, 7) is 4.09. The lowest BCUT2D eigenvalue weighted by atomic mass is 10.1. The molecule has 2 nitrogen and oxygen atoms in total. The average molecular weight is 473 g/mol. The zero-order valence-corrected chi connectivity index (χ0v) is 20.4. The molecular weight excluding hydrogens is 452 g/mol. The summed E-state index contributed by atoms with van der Waals surface area (Å²) in [5, 5.41) is 4.65. The average Bonchev–Trinajstić information content (AvgIpc) is 2.86. The molecule has 162 valence electrons. The van der Waals surface area contributed by atoms with Crippen LogP contribution in [0.1, 0.15) is 22.3 Å². The van der Waals surface area contributed by atoms with Gasteiger partial charge in [-0.1, -0.05) is 47.2 Å². The number of aryl methyl sites for hydroxylation is 2. The van der Waals surface area contributed by atoms with Gasteiger partial charge in [0.15, 0.2) is 0 Å². The van der Waals surface area contributed by atoms with Crippen LogP contribution in [0.4, 0.5) is 11.4 Å². The lowest BCUT2D eigenvalue weighted by molar-refractivity contribution is 1.44. The zero-order valence-electron chi connectivity index (χ0n) is 18.8. The molecule has 3 rings (SSSR count). The van der Waals surface area contributed by atoms with Crippen molar-refractivity contribution in [1.82, 2.24) is 0 Å². The summed E-state index contributed by atoms with van der Waals surface area (Å²) in [5.41, 5.74) is 6.10. The molecule has 0 atom stereocenters. The second-order valence-corrected chi connectivity index (χ2v) is 6.81. The van der Waals surface area contributed by atoms with Gasteiger partial charge in [0.1, 0.15) is 0 Å². The Labute approximate surface area is 212 Å². The number of hydrogen-bond donors (Lipinski definition) is 0. The molecule has 34 heavy (non-hydrogen) atoms. The van der Waals surface area contributed by atoms with E-state index in [0.29, 0.717) is 0 Å². The molecule has 0 amide bonds. The van der Waals surface area contributed by atoms with Crippen LogP contribution >= 0.6 is 24.4 Å². The molecular formula is C30H20N2S2. The fourth-order valence-corrected chi connectivity index (χ4v) is 2.41. The van der Waals surface area contributed by atoms with Crippen molar-refractivity contribution in [3.05, 3.63) is 95.1 Å². The Morgan fingerprint density at radius 2 is 0.882 bits per heavy atom. The number of benzene rings is 3. The van der Waals surface area contributed by atoms with Crippen LogP contribution in [0.5, 0.6) is 0 Å².